The van der Waals surface area contributed by atoms with Crippen LogP contribution in [0.25, 0.3) is 11.0 Å². The molecule has 0 fully saturated rings. The Labute approximate surface area is 165 Å². The number of sulfonamides is 1. The van der Waals surface area contributed by atoms with Crippen molar-refractivity contribution in [2.75, 3.05) is 14.1 Å². The second-order valence-electron chi connectivity index (χ2n) is 7.09. The van der Waals surface area contributed by atoms with Gasteiger partial charge < -0.3 is 9.73 Å². The number of benzene rings is 2. The second kappa shape index (κ2) is 7.41. The smallest absolute Gasteiger partial charge is 0.251 e. The molecule has 2 aromatic carbocycles. The third kappa shape index (κ3) is 3.68. The normalized spacial score (nSPS) is 13.1. The lowest BCUT2D eigenvalue weighted by Crippen LogP contribution is -2.28. The summed E-state index contributed by atoms with van der Waals surface area (Å²) in [6.07, 6.45) is 0. The average Bonchev–Trinajstić information content (AvgIpc) is 3.07. The molecule has 0 bridgehead atoms. The molecule has 3 rings (SSSR count). The molecule has 0 saturated heterocycles. The van der Waals surface area contributed by atoms with E-state index in [1.165, 1.54) is 20.2 Å². The number of aryl methyl sites for hydroxylation is 1. The fourth-order valence-electron chi connectivity index (χ4n) is 2.99. The second-order valence-corrected chi connectivity index (χ2v) is 9.21. The van der Waals surface area contributed by atoms with Gasteiger partial charge in [0.05, 0.1) is 10.9 Å². The summed E-state index contributed by atoms with van der Waals surface area (Å²) in [5, 5.41) is 3.85. The summed E-state index contributed by atoms with van der Waals surface area (Å²) in [5.41, 5.74) is 2.43. The van der Waals surface area contributed by atoms with Crippen LogP contribution in [0.2, 0.25) is 0 Å². The number of carbonyl (C=O) groups is 1. The van der Waals surface area contributed by atoms with Crippen LogP contribution in [0.5, 0.6) is 0 Å². The molecule has 1 N–H and O–H groups in total. The Morgan fingerprint density at radius 1 is 1.11 bits per heavy atom. The van der Waals surface area contributed by atoms with Crippen molar-refractivity contribution < 1.29 is 17.6 Å². The van der Waals surface area contributed by atoms with Gasteiger partial charge in [-0.2, -0.15) is 0 Å². The first kappa shape index (κ1) is 20.1. The quantitative estimate of drug-likeness (QED) is 0.707. The van der Waals surface area contributed by atoms with Gasteiger partial charge in [0.1, 0.15) is 11.3 Å². The Bertz CT molecular complexity index is 1110. The molecule has 0 radical (unpaired) electrons. The van der Waals surface area contributed by atoms with Gasteiger partial charge in [-0.1, -0.05) is 18.2 Å². The number of nitrogens with one attached hydrogen (secondary N) is 1. The highest BCUT2D eigenvalue weighted by molar-refractivity contribution is 7.89. The predicted molar refractivity (Wildman–Crippen MR) is 109 cm³/mol. The highest BCUT2D eigenvalue weighted by Gasteiger charge is 2.24. The van der Waals surface area contributed by atoms with Crippen LogP contribution in [-0.2, 0) is 10.0 Å². The number of nitrogens with zero attached hydrogens (tertiary/aromatic N) is 1. The fraction of sp³-hybridized carbons (Fsp3) is 0.286. The van der Waals surface area contributed by atoms with E-state index in [-0.39, 0.29) is 16.8 Å². The predicted octanol–water partition coefficient (Wildman–Crippen LogP) is 3.79. The molecule has 3 aromatic rings. The van der Waals surface area contributed by atoms with Crippen LogP contribution in [0, 0.1) is 13.8 Å². The Hall–Kier alpha value is -2.64. The molecule has 0 spiro atoms. The van der Waals surface area contributed by atoms with Crippen molar-refractivity contribution in [3.8, 4) is 0 Å². The minimum absolute atomic E-state index is 0.138. The van der Waals surface area contributed by atoms with E-state index in [0.717, 1.165) is 20.8 Å². The lowest BCUT2D eigenvalue weighted by molar-refractivity contribution is 0.0935. The number of amides is 1. The molecule has 7 heteroatoms. The molecule has 0 unspecified atom stereocenters. The van der Waals surface area contributed by atoms with Gasteiger partial charge >= 0.3 is 0 Å². The zero-order valence-corrected chi connectivity index (χ0v) is 17.4. The molecule has 6 nitrogen and oxygen atoms in total. The number of hydrogen-bond donors (Lipinski definition) is 1. The van der Waals surface area contributed by atoms with E-state index in [1.54, 1.807) is 19.9 Å². The molecule has 0 aliphatic heterocycles. The van der Waals surface area contributed by atoms with Crippen molar-refractivity contribution in [3.63, 3.8) is 0 Å². The van der Waals surface area contributed by atoms with E-state index in [0.29, 0.717) is 16.9 Å². The number of furan rings is 1. The van der Waals surface area contributed by atoms with Crippen LogP contribution >= 0.6 is 0 Å². The average molecular weight is 401 g/mol. The van der Waals surface area contributed by atoms with Crippen molar-refractivity contribution in [1.29, 1.82) is 0 Å². The van der Waals surface area contributed by atoms with Gasteiger partial charge in [0.2, 0.25) is 10.0 Å². The topological polar surface area (TPSA) is 79.6 Å². The molecular weight excluding hydrogens is 376 g/mol. The standard InChI is InChI=1S/C21H24N2O4S/c1-13-10-17(12-20(14(13)2)28(25,26)23(4)5)21(24)22-15(3)19-11-16-8-6-7-9-18(16)27-19/h6-12,15H,1-5H3,(H,22,24)/t15-/m0/s1. The SMILES string of the molecule is Cc1cc(C(=O)N[C@@H](C)c2cc3ccccc3o2)cc(S(=O)(=O)N(C)C)c1C. The van der Waals surface area contributed by atoms with E-state index >= 15 is 0 Å². The highest BCUT2D eigenvalue weighted by atomic mass is 32.2. The van der Waals surface area contributed by atoms with Crippen LogP contribution < -0.4 is 5.32 Å². The molecule has 0 aliphatic carbocycles. The molecular formula is C21H24N2O4S. The molecule has 28 heavy (non-hydrogen) atoms. The Kier molecular flexibility index (Phi) is 5.32. The van der Waals surface area contributed by atoms with Gasteiger partial charge in [-0.3, -0.25) is 4.79 Å². The van der Waals surface area contributed by atoms with E-state index < -0.39 is 10.0 Å². The number of carbonyl (C=O) groups excluding carboxylic acids is 1. The summed E-state index contributed by atoms with van der Waals surface area (Å²) in [7, 11) is -0.704. The summed E-state index contributed by atoms with van der Waals surface area (Å²) < 4.78 is 32.2. The molecule has 1 heterocycles. The minimum Gasteiger partial charge on any atom is -0.459 e. The highest BCUT2D eigenvalue weighted by Crippen LogP contribution is 2.26. The van der Waals surface area contributed by atoms with E-state index in [1.807, 2.05) is 37.3 Å². The van der Waals surface area contributed by atoms with Gasteiger partial charge in [-0.15, -0.1) is 0 Å². The first-order valence-electron chi connectivity index (χ1n) is 8.94. The van der Waals surface area contributed by atoms with E-state index in [2.05, 4.69) is 5.32 Å². The number of hydrogen-bond acceptors (Lipinski definition) is 4. The van der Waals surface area contributed by atoms with Crippen molar-refractivity contribution in [1.82, 2.24) is 9.62 Å². The van der Waals surface area contributed by atoms with Gasteiger partial charge in [0, 0.05) is 25.0 Å². The van der Waals surface area contributed by atoms with Gasteiger partial charge in [0.15, 0.2) is 0 Å². The van der Waals surface area contributed by atoms with Crippen LogP contribution in [0.15, 0.2) is 51.8 Å². The molecule has 1 amide bonds. The molecule has 0 saturated carbocycles. The van der Waals surface area contributed by atoms with E-state index in [9.17, 15) is 13.2 Å². The van der Waals surface area contributed by atoms with Gasteiger partial charge in [-0.25, -0.2) is 12.7 Å². The number of rotatable bonds is 5. The first-order chi connectivity index (χ1) is 13.1. The Morgan fingerprint density at radius 2 is 1.79 bits per heavy atom. The largest absolute Gasteiger partial charge is 0.459 e. The van der Waals surface area contributed by atoms with Crippen LogP contribution in [0.3, 0.4) is 0 Å². The van der Waals surface area contributed by atoms with Crippen molar-refractivity contribution in [2.24, 2.45) is 0 Å². The Morgan fingerprint density at radius 3 is 2.43 bits per heavy atom. The third-order valence-electron chi connectivity index (χ3n) is 4.86. The summed E-state index contributed by atoms with van der Waals surface area (Å²) in [4.78, 5) is 12.9. The van der Waals surface area contributed by atoms with Crippen LogP contribution in [-0.4, -0.2) is 32.7 Å². The minimum atomic E-state index is -3.65. The van der Waals surface area contributed by atoms with Gasteiger partial charge in [0.25, 0.3) is 5.91 Å². The van der Waals surface area contributed by atoms with Crippen molar-refractivity contribution in [3.05, 3.63) is 64.9 Å². The fourth-order valence-corrected chi connectivity index (χ4v) is 4.21. The number of para-hydroxylation sites is 1. The summed E-state index contributed by atoms with van der Waals surface area (Å²) >= 11 is 0. The molecule has 148 valence electrons. The summed E-state index contributed by atoms with van der Waals surface area (Å²) in [6.45, 7) is 5.36. The zero-order valence-electron chi connectivity index (χ0n) is 16.6. The maximum atomic E-state index is 12.8. The number of fused-ring (bicyclic) bond motifs is 1. The van der Waals surface area contributed by atoms with Crippen molar-refractivity contribution in [2.45, 2.75) is 31.7 Å². The summed E-state index contributed by atoms with van der Waals surface area (Å²) in [5.74, 6) is 0.283. The molecule has 1 aromatic heterocycles. The monoisotopic (exact) mass is 400 g/mol. The van der Waals surface area contributed by atoms with Gasteiger partial charge in [-0.05, 0) is 56.2 Å². The molecule has 0 aliphatic rings. The van der Waals surface area contributed by atoms with Crippen LogP contribution in [0.4, 0.5) is 0 Å². The first-order valence-corrected chi connectivity index (χ1v) is 10.4. The third-order valence-corrected chi connectivity index (χ3v) is 6.80. The lowest BCUT2D eigenvalue weighted by atomic mass is 10.1. The zero-order chi connectivity index (χ0) is 20.6. The summed E-state index contributed by atoms with van der Waals surface area (Å²) in [6, 6.07) is 12.3. The van der Waals surface area contributed by atoms with Crippen LogP contribution in [0.1, 0.15) is 40.2 Å². The maximum absolute atomic E-state index is 12.8. The maximum Gasteiger partial charge on any atom is 0.251 e. The Balaban J connectivity index is 1.91. The molecule has 1 atom stereocenters. The lowest BCUT2D eigenvalue weighted by Gasteiger charge is -2.17. The van der Waals surface area contributed by atoms with Crippen molar-refractivity contribution >= 4 is 26.9 Å². The van der Waals surface area contributed by atoms with E-state index in [4.69, 9.17) is 4.42 Å².